The number of benzene rings is 2. The Bertz CT molecular complexity index is 1070. The summed E-state index contributed by atoms with van der Waals surface area (Å²) < 4.78 is 12.6. The standard InChI is InChI=1S/C21H23N3O4S/c1-13(11-27-2)24-18(14-4-9-19(25)17(10-14)20(22)26)12-29-21(24)23-15-5-7-16(28-3)8-6-15/h4-10,12-13,25H,11H2,1-3H3,(H2,22,26). The summed E-state index contributed by atoms with van der Waals surface area (Å²) in [6.07, 6.45) is 0. The van der Waals surface area contributed by atoms with Gasteiger partial charge in [-0.3, -0.25) is 4.79 Å². The lowest BCUT2D eigenvalue weighted by molar-refractivity contribution is 0.0998. The van der Waals surface area contributed by atoms with E-state index in [0.717, 1.165) is 27.5 Å². The number of primary amides is 1. The number of nitrogens with zero attached hydrogens (tertiary/aromatic N) is 2. The van der Waals surface area contributed by atoms with Gasteiger partial charge in [-0.05, 0) is 49.4 Å². The first kappa shape index (κ1) is 20.6. The summed E-state index contributed by atoms with van der Waals surface area (Å²) in [5, 5.41) is 11.9. The summed E-state index contributed by atoms with van der Waals surface area (Å²) in [5.74, 6) is -0.0603. The zero-order chi connectivity index (χ0) is 21.0. The van der Waals surface area contributed by atoms with Crippen LogP contribution < -0.4 is 15.3 Å². The fourth-order valence-corrected chi connectivity index (χ4v) is 4.03. The Balaban J connectivity index is 2.15. The Kier molecular flexibility index (Phi) is 6.36. The number of carbonyl (C=O) groups excluding carboxylic acids is 1. The molecule has 1 heterocycles. The van der Waals surface area contributed by atoms with E-state index in [1.807, 2.05) is 36.6 Å². The van der Waals surface area contributed by atoms with Crippen LogP contribution in [0.15, 0.2) is 52.8 Å². The predicted molar refractivity (Wildman–Crippen MR) is 113 cm³/mol. The Morgan fingerprint density at radius 3 is 2.59 bits per heavy atom. The molecule has 1 amide bonds. The van der Waals surface area contributed by atoms with Crippen LogP contribution in [0, 0.1) is 0 Å². The Morgan fingerprint density at radius 2 is 1.97 bits per heavy atom. The third-order valence-electron chi connectivity index (χ3n) is 4.45. The second-order valence-corrected chi connectivity index (χ2v) is 7.32. The Hall–Kier alpha value is -3.10. The van der Waals surface area contributed by atoms with E-state index in [4.69, 9.17) is 20.2 Å². The van der Waals surface area contributed by atoms with Gasteiger partial charge in [0, 0.05) is 18.1 Å². The molecule has 0 saturated heterocycles. The van der Waals surface area contributed by atoms with E-state index >= 15 is 0 Å². The summed E-state index contributed by atoms with van der Waals surface area (Å²) in [5.41, 5.74) is 7.87. The topological polar surface area (TPSA) is 99.1 Å². The van der Waals surface area contributed by atoms with Crippen molar-refractivity contribution in [3.8, 4) is 22.8 Å². The van der Waals surface area contributed by atoms with E-state index in [-0.39, 0.29) is 17.4 Å². The molecule has 0 spiro atoms. The number of ether oxygens (including phenoxy) is 2. The molecule has 0 aliphatic heterocycles. The SMILES string of the molecule is COCC(C)n1c(-c2ccc(O)c(C(N)=O)c2)csc1=Nc1ccc(OC)cc1. The first-order valence-corrected chi connectivity index (χ1v) is 9.83. The fourth-order valence-electron chi connectivity index (χ4n) is 3.01. The van der Waals surface area contributed by atoms with Gasteiger partial charge in [0.1, 0.15) is 11.5 Å². The van der Waals surface area contributed by atoms with Gasteiger partial charge in [-0.15, -0.1) is 11.3 Å². The van der Waals surface area contributed by atoms with Crippen molar-refractivity contribution in [1.29, 1.82) is 0 Å². The van der Waals surface area contributed by atoms with Gasteiger partial charge in [-0.2, -0.15) is 0 Å². The maximum atomic E-state index is 11.6. The lowest BCUT2D eigenvalue weighted by atomic mass is 10.1. The molecule has 3 rings (SSSR count). The fraction of sp³-hybridized carbons (Fsp3) is 0.238. The van der Waals surface area contributed by atoms with Crippen LogP contribution in [-0.2, 0) is 4.74 Å². The van der Waals surface area contributed by atoms with E-state index in [0.29, 0.717) is 6.61 Å². The van der Waals surface area contributed by atoms with Crippen LogP contribution in [0.5, 0.6) is 11.5 Å². The molecule has 152 valence electrons. The van der Waals surface area contributed by atoms with Crippen LogP contribution in [0.25, 0.3) is 11.3 Å². The van der Waals surface area contributed by atoms with Gasteiger partial charge < -0.3 is 24.9 Å². The molecule has 2 aromatic carbocycles. The first-order chi connectivity index (χ1) is 13.9. The Morgan fingerprint density at radius 1 is 1.24 bits per heavy atom. The molecule has 0 bridgehead atoms. The van der Waals surface area contributed by atoms with Gasteiger partial charge in [0.15, 0.2) is 4.80 Å². The number of nitrogens with two attached hydrogens (primary N) is 1. The van der Waals surface area contributed by atoms with E-state index in [1.54, 1.807) is 26.4 Å². The molecule has 0 saturated carbocycles. The van der Waals surface area contributed by atoms with Crippen molar-refractivity contribution in [1.82, 2.24) is 4.57 Å². The summed E-state index contributed by atoms with van der Waals surface area (Å²) >= 11 is 1.48. The first-order valence-electron chi connectivity index (χ1n) is 8.95. The minimum absolute atomic E-state index is 0.0101. The monoisotopic (exact) mass is 413 g/mol. The molecule has 0 aliphatic carbocycles. The van der Waals surface area contributed by atoms with Gasteiger partial charge >= 0.3 is 0 Å². The average molecular weight is 413 g/mol. The van der Waals surface area contributed by atoms with Crippen molar-refractivity contribution < 1.29 is 19.4 Å². The second kappa shape index (κ2) is 8.93. The number of thiazole rings is 1. The number of hydrogen-bond acceptors (Lipinski definition) is 6. The molecule has 0 radical (unpaired) electrons. The van der Waals surface area contributed by atoms with Gasteiger partial charge in [0.25, 0.3) is 5.91 Å². The van der Waals surface area contributed by atoms with Crippen molar-refractivity contribution in [2.45, 2.75) is 13.0 Å². The quantitative estimate of drug-likeness (QED) is 0.619. The van der Waals surface area contributed by atoms with E-state index in [9.17, 15) is 9.90 Å². The van der Waals surface area contributed by atoms with Gasteiger partial charge in [-0.25, -0.2) is 4.99 Å². The maximum absolute atomic E-state index is 11.6. The average Bonchev–Trinajstić information content (AvgIpc) is 3.12. The molecular formula is C21H23N3O4S. The number of phenols is 1. The van der Waals surface area contributed by atoms with E-state index in [2.05, 4.69) is 4.57 Å². The van der Waals surface area contributed by atoms with Gasteiger partial charge in [-0.1, -0.05) is 0 Å². The van der Waals surface area contributed by atoms with Crippen LogP contribution in [0.4, 0.5) is 5.69 Å². The number of methoxy groups -OCH3 is 2. The number of aromatic nitrogens is 1. The van der Waals surface area contributed by atoms with Crippen molar-refractivity contribution in [3.63, 3.8) is 0 Å². The molecule has 0 fully saturated rings. The molecule has 3 N–H and O–H groups in total. The van der Waals surface area contributed by atoms with Crippen LogP contribution in [0.2, 0.25) is 0 Å². The molecular weight excluding hydrogens is 390 g/mol. The molecule has 0 aliphatic rings. The number of aromatic hydroxyl groups is 1. The minimum atomic E-state index is -0.681. The zero-order valence-electron chi connectivity index (χ0n) is 16.5. The van der Waals surface area contributed by atoms with E-state index < -0.39 is 5.91 Å². The lowest BCUT2D eigenvalue weighted by Crippen LogP contribution is -2.23. The van der Waals surface area contributed by atoms with Crippen molar-refractivity contribution in [3.05, 3.63) is 58.2 Å². The third kappa shape index (κ3) is 4.49. The molecule has 3 aromatic rings. The highest BCUT2D eigenvalue weighted by molar-refractivity contribution is 7.07. The third-order valence-corrected chi connectivity index (χ3v) is 5.29. The Labute approximate surface area is 172 Å². The van der Waals surface area contributed by atoms with Crippen LogP contribution in [0.3, 0.4) is 0 Å². The summed E-state index contributed by atoms with van der Waals surface area (Å²) in [6.45, 7) is 2.52. The van der Waals surface area contributed by atoms with Crippen molar-refractivity contribution in [2.75, 3.05) is 20.8 Å². The molecule has 8 heteroatoms. The zero-order valence-corrected chi connectivity index (χ0v) is 17.3. The number of carbonyl (C=O) groups is 1. The summed E-state index contributed by atoms with van der Waals surface area (Å²) in [7, 11) is 3.27. The van der Waals surface area contributed by atoms with Crippen molar-refractivity contribution in [2.24, 2.45) is 10.7 Å². The molecule has 29 heavy (non-hydrogen) atoms. The smallest absolute Gasteiger partial charge is 0.252 e. The van der Waals surface area contributed by atoms with Gasteiger partial charge in [0.05, 0.1) is 36.7 Å². The number of hydrogen-bond donors (Lipinski definition) is 2. The van der Waals surface area contributed by atoms with Crippen LogP contribution in [-0.4, -0.2) is 36.4 Å². The van der Waals surface area contributed by atoms with Gasteiger partial charge in [0.2, 0.25) is 0 Å². The van der Waals surface area contributed by atoms with E-state index in [1.165, 1.54) is 17.4 Å². The lowest BCUT2D eigenvalue weighted by Gasteiger charge is -2.17. The second-order valence-electron chi connectivity index (χ2n) is 6.48. The summed E-state index contributed by atoms with van der Waals surface area (Å²) in [4.78, 5) is 17.2. The highest BCUT2D eigenvalue weighted by Crippen LogP contribution is 2.28. The normalized spacial score (nSPS) is 12.7. The van der Waals surface area contributed by atoms with Crippen LogP contribution in [0.1, 0.15) is 23.3 Å². The van der Waals surface area contributed by atoms with Crippen LogP contribution >= 0.6 is 11.3 Å². The highest BCUT2D eigenvalue weighted by atomic mass is 32.1. The highest BCUT2D eigenvalue weighted by Gasteiger charge is 2.16. The largest absolute Gasteiger partial charge is 0.507 e. The molecule has 7 nitrogen and oxygen atoms in total. The molecule has 1 aromatic heterocycles. The molecule has 1 unspecified atom stereocenters. The molecule has 1 atom stereocenters. The predicted octanol–water partition coefficient (Wildman–Crippen LogP) is 3.47. The van der Waals surface area contributed by atoms with Crippen molar-refractivity contribution >= 4 is 22.9 Å². The number of rotatable bonds is 7. The minimum Gasteiger partial charge on any atom is -0.507 e. The number of amides is 1. The maximum Gasteiger partial charge on any atom is 0.252 e. The summed E-state index contributed by atoms with van der Waals surface area (Å²) in [6, 6.07) is 12.3.